The van der Waals surface area contributed by atoms with Crippen molar-refractivity contribution in [3.05, 3.63) is 12.2 Å². The maximum absolute atomic E-state index is 5.73. The number of hydrogen-bond donors (Lipinski definition) is 1. The molecule has 3 heteroatoms. The summed E-state index contributed by atoms with van der Waals surface area (Å²) in [6, 6.07) is 0.403. The molecular formula is C14H27NO2. The van der Waals surface area contributed by atoms with E-state index in [-0.39, 0.29) is 0 Å². The van der Waals surface area contributed by atoms with Crippen LogP contribution in [0.3, 0.4) is 0 Å². The molecule has 0 radical (unpaired) electrons. The van der Waals surface area contributed by atoms with Crippen LogP contribution in [0.1, 0.15) is 26.7 Å². The molecule has 1 aliphatic rings. The van der Waals surface area contributed by atoms with Gasteiger partial charge in [-0.25, -0.2) is 0 Å². The Morgan fingerprint density at radius 3 is 2.82 bits per heavy atom. The first-order valence-electron chi connectivity index (χ1n) is 6.69. The number of nitrogens with one attached hydrogen (secondary N) is 1. The minimum Gasteiger partial charge on any atom is -0.383 e. The highest BCUT2D eigenvalue weighted by molar-refractivity contribution is 4.93. The molecule has 0 aliphatic heterocycles. The van der Waals surface area contributed by atoms with Gasteiger partial charge in [0.1, 0.15) is 0 Å². The fourth-order valence-corrected chi connectivity index (χ4v) is 2.16. The Hall–Kier alpha value is -0.380. The lowest BCUT2D eigenvalue weighted by molar-refractivity contribution is 0.0774. The summed E-state index contributed by atoms with van der Waals surface area (Å²) < 4.78 is 10.8. The van der Waals surface area contributed by atoms with Gasteiger partial charge in [-0.05, 0) is 31.6 Å². The third kappa shape index (κ3) is 6.20. The van der Waals surface area contributed by atoms with Gasteiger partial charge in [-0.15, -0.1) is 0 Å². The average molecular weight is 241 g/mol. The molecular weight excluding hydrogens is 214 g/mol. The van der Waals surface area contributed by atoms with Crippen molar-refractivity contribution < 1.29 is 9.47 Å². The van der Waals surface area contributed by atoms with Crippen molar-refractivity contribution in [3.63, 3.8) is 0 Å². The molecule has 0 amide bonds. The topological polar surface area (TPSA) is 30.5 Å². The Bertz CT molecular complexity index is 218. The SMILES string of the molecule is COCC(C)NCCOCC1CC=CCC1C. The maximum atomic E-state index is 5.73. The van der Waals surface area contributed by atoms with Crippen LogP contribution in [-0.4, -0.2) is 39.5 Å². The molecule has 3 atom stereocenters. The second kappa shape index (κ2) is 8.67. The molecule has 17 heavy (non-hydrogen) atoms. The summed E-state index contributed by atoms with van der Waals surface area (Å²) in [6.07, 6.45) is 6.95. The van der Waals surface area contributed by atoms with Gasteiger partial charge in [0.05, 0.1) is 19.8 Å². The standard InChI is InChI=1S/C14H27NO2/c1-12-6-4-5-7-14(12)11-17-9-8-15-13(2)10-16-3/h4-5,12-15H,6-11H2,1-3H3. The van der Waals surface area contributed by atoms with Crippen molar-refractivity contribution >= 4 is 0 Å². The third-order valence-electron chi connectivity index (χ3n) is 3.41. The van der Waals surface area contributed by atoms with Crippen molar-refractivity contribution in [2.24, 2.45) is 11.8 Å². The van der Waals surface area contributed by atoms with Crippen LogP contribution < -0.4 is 5.32 Å². The summed E-state index contributed by atoms with van der Waals surface area (Å²) in [7, 11) is 1.73. The van der Waals surface area contributed by atoms with E-state index in [1.165, 1.54) is 12.8 Å². The van der Waals surface area contributed by atoms with Crippen LogP contribution in [0.4, 0.5) is 0 Å². The van der Waals surface area contributed by atoms with Crippen LogP contribution in [0.15, 0.2) is 12.2 Å². The molecule has 0 saturated carbocycles. The summed E-state index contributed by atoms with van der Waals surface area (Å²) in [5, 5.41) is 3.37. The Morgan fingerprint density at radius 1 is 1.35 bits per heavy atom. The van der Waals surface area contributed by atoms with E-state index >= 15 is 0 Å². The third-order valence-corrected chi connectivity index (χ3v) is 3.41. The summed E-state index contributed by atoms with van der Waals surface area (Å²) in [5.41, 5.74) is 0. The second-order valence-electron chi connectivity index (χ2n) is 5.07. The smallest absolute Gasteiger partial charge is 0.0613 e. The van der Waals surface area contributed by atoms with Gasteiger partial charge in [0.15, 0.2) is 0 Å². The summed E-state index contributed by atoms with van der Waals surface area (Å²) >= 11 is 0. The first-order chi connectivity index (χ1) is 8.24. The average Bonchev–Trinajstić information content (AvgIpc) is 2.31. The zero-order chi connectivity index (χ0) is 12.5. The van der Waals surface area contributed by atoms with E-state index in [0.717, 1.165) is 32.3 Å². The summed E-state index contributed by atoms with van der Waals surface area (Å²) in [4.78, 5) is 0. The Kier molecular flexibility index (Phi) is 7.49. The van der Waals surface area contributed by atoms with Gasteiger partial charge in [-0.3, -0.25) is 0 Å². The first kappa shape index (κ1) is 14.7. The summed E-state index contributed by atoms with van der Waals surface area (Å²) in [6.45, 7) is 7.78. The van der Waals surface area contributed by atoms with Gasteiger partial charge < -0.3 is 14.8 Å². The van der Waals surface area contributed by atoms with Crippen LogP contribution in [0.2, 0.25) is 0 Å². The highest BCUT2D eigenvalue weighted by Gasteiger charge is 2.17. The Balaban J connectivity index is 1.98. The second-order valence-corrected chi connectivity index (χ2v) is 5.07. The maximum Gasteiger partial charge on any atom is 0.0613 e. The fourth-order valence-electron chi connectivity index (χ4n) is 2.16. The summed E-state index contributed by atoms with van der Waals surface area (Å²) in [5.74, 6) is 1.47. The number of ether oxygens (including phenoxy) is 2. The number of hydrogen-bond acceptors (Lipinski definition) is 3. The van der Waals surface area contributed by atoms with E-state index in [1.807, 2.05) is 0 Å². The Labute approximate surface area is 106 Å². The molecule has 0 aromatic rings. The Morgan fingerprint density at radius 2 is 2.12 bits per heavy atom. The highest BCUT2D eigenvalue weighted by atomic mass is 16.5. The van der Waals surface area contributed by atoms with Gasteiger partial charge in [0, 0.05) is 19.7 Å². The van der Waals surface area contributed by atoms with E-state index < -0.39 is 0 Å². The predicted molar refractivity (Wildman–Crippen MR) is 71.2 cm³/mol. The molecule has 1 rings (SSSR count). The molecule has 0 spiro atoms. The molecule has 0 heterocycles. The molecule has 1 aliphatic carbocycles. The zero-order valence-corrected chi connectivity index (χ0v) is 11.4. The normalized spacial score (nSPS) is 26.1. The molecule has 1 N–H and O–H groups in total. The quantitative estimate of drug-likeness (QED) is 0.522. The van der Waals surface area contributed by atoms with Gasteiger partial charge in [0.25, 0.3) is 0 Å². The largest absolute Gasteiger partial charge is 0.383 e. The monoisotopic (exact) mass is 241 g/mol. The number of methoxy groups -OCH3 is 1. The lowest BCUT2D eigenvalue weighted by Gasteiger charge is -2.25. The van der Waals surface area contributed by atoms with Crippen LogP contribution in [0.25, 0.3) is 0 Å². The first-order valence-corrected chi connectivity index (χ1v) is 6.69. The van der Waals surface area contributed by atoms with Crippen molar-refractivity contribution in [1.29, 1.82) is 0 Å². The van der Waals surface area contributed by atoms with Crippen LogP contribution in [-0.2, 0) is 9.47 Å². The lowest BCUT2D eigenvalue weighted by Crippen LogP contribution is -2.33. The molecule has 3 nitrogen and oxygen atoms in total. The fraction of sp³-hybridized carbons (Fsp3) is 0.857. The number of rotatable bonds is 8. The molecule has 0 aromatic heterocycles. The van der Waals surface area contributed by atoms with Gasteiger partial charge in [-0.2, -0.15) is 0 Å². The molecule has 100 valence electrons. The van der Waals surface area contributed by atoms with E-state index in [9.17, 15) is 0 Å². The molecule has 3 unspecified atom stereocenters. The molecule has 0 aromatic carbocycles. The minimum absolute atomic E-state index is 0.403. The van der Waals surface area contributed by atoms with E-state index in [1.54, 1.807) is 7.11 Å². The van der Waals surface area contributed by atoms with Gasteiger partial charge in [-0.1, -0.05) is 19.1 Å². The van der Waals surface area contributed by atoms with Crippen LogP contribution in [0.5, 0.6) is 0 Å². The van der Waals surface area contributed by atoms with Crippen LogP contribution >= 0.6 is 0 Å². The molecule has 0 saturated heterocycles. The zero-order valence-electron chi connectivity index (χ0n) is 11.4. The van der Waals surface area contributed by atoms with Crippen molar-refractivity contribution in [2.75, 3.05) is 33.5 Å². The molecule has 0 bridgehead atoms. The lowest BCUT2D eigenvalue weighted by atomic mass is 9.85. The number of allylic oxidation sites excluding steroid dienone is 2. The van der Waals surface area contributed by atoms with E-state index in [2.05, 4.69) is 31.3 Å². The van der Waals surface area contributed by atoms with E-state index in [4.69, 9.17) is 9.47 Å². The van der Waals surface area contributed by atoms with E-state index in [0.29, 0.717) is 12.0 Å². The molecule has 0 fully saturated rings. The highest BCUT2D eigenvalue weighted by Crippen LogP contribution is 2.24. The predicted octanol–water partition coefficient (Wildman–Crippen LogP) is 2.23. The van der Waals surface area contributed by atoms with Gasteiger partial charge in [0.2, 0.25) is 0 Å². The van der Waals surface area contributed by atoms with Crippen molar-refractivity contribution in [3.8, 4) is 0 Å². The van der Waals surface area contributed by atoms with Crippen molar-refractivity contribution in [2.45, 2.75) is 32.7 Å². The van der Waals surface area contributed by atoms with Crippen molar-refractivity contribution in [1.82, 2.24) is 5.32 Å². The van der Waals surface area contributed by atoms with Gasteiger partial charge >= 0.3 is 0 Å². The van der Waals surface area contributed by atoms with Crippen LogP contribution in [0, 0.1) is 11.8 Å². The minimum atomic E-state index is 0.403.